The zero-order valence-corrected chi connectivity index (χ0v) is 9.16. The number of benzene rings is 1. The summed E-state index contributed by atoms with van der Waals surface area (Å²) in [5, 5.41) is 1.01. The van der Waals surface area contributed by atoms with Gasteiger partial charge in [-0.2, -0.15) is 0 Å². The first-order chi connectivity index (χ1) is 7.25. The first-order valence-electron chi connectivity index (χ1n) is 4.28. The van der Waals surface area contributed by atoms with Crippen LogP contribution in [0.5, 0.6) is 0 Å². The number of hydrogen-bond donors (Lipinski definition) is 0. The van der Waals surface area contributed by atoms with Crippen LogP contribution in [0.3, 0.4) is 0 Å². The molecule has 0 fully saturated rings. The highest BCUT2D eigenvalue weighted by atomic mass is 35.5. The Bertz CT molecular complexity index is 477. The van der Waals surface area contributed by atoms with Crippen LogP contribution < -0.4 is 0 Å². The van der Waals surface area contributed by atoms with E-state index < -0.39 is 0 Å². The Morgan fingerprint density at radius 2 is 2.00 bits per heavy atom. The molecule has 0 saturated carbocycles. The lowest BCUT2D eigenvalue weighted by molar-refractivity contribution is 0.560. The van der Waals surface area contributed by atoms with Crippen molar-refractivity contribution in [1.29, 1.82) is 0 Å². The lowest BCUT2D eigenvalue weighted by Gasteiger charge is -1.96. The van der Waals surface area contributed by atoms with Gasteiger partial charge in [0.15, 0.2) is 0 Å². The third-order valence-corrected chi connectivity index (χ3v) is 2.53. The summed E-state index contributed by atoms with van der Waals surface area (Å²) in [6.45, 7) is 0. The van der Waals surface area contributed by atoms with Crippen molar-refractivity contribution >= 4 is 35.1 Å². The Kier molecular flexibility index (Phi) is 3.09. The van der Waals surface area contributed by atoms with E-state index in [0.717, 1.165) is 5.69 Å². The van der Waals surface area contributed by atoms with Crippen LogP contribution in [0.1, 0.15) is 5.76 Å². The molecule has 0 radical (unpaired) electrons. The zero-order valence-electron chi connectivity index (χ0n) is 7.65. The second-order valence-electron chi connectivity index (χ2n) is 2.87. The maximum absolute atomic E-state index is 5.85. The molecule has 1 heterocycles. The number of hydrogen-bond acceptors (Lipinski definition) is 2. The van der Waals surface area contributed by atoms with Gasteiger partial charge in [0.1, 0.15) is 5.76 Å². The average Bonchev–Trinajstić information content (AvgIpc) is 2.73. The summed E-state index contributed by atoms with van der Waals surface area (Å²) in [5.74, 6) is 0.695. The van der Waals surface area contributed by atoms with Crippen molar-refractivity contribution in [2.24, 2.45) is 4.99 Å². The van der Waals surface area contributed by atoms with Crippen LogP contribution in [0.2, 0.25) is 10.0 Å². The van der Waals surface area contributed by atoms with Crippen molar-refractivity contribution in [3.63, 3.8) is 0 Å². The van der Waals surface area contributed by atoms with Crippen molar-refractivity contribution < 1.29 is 4.42 Å². The van der Waals surface area contributed by atoms with Crippen molar-refractivity contribution in [2.75, 3.05) is 0 Å². The minimum Gasteiger partial charge on any atom is -0.463 e. The zero-order chi connectivity index (χ0) is 10.7. The van der Waals surface area contributed by atoms with E-state index in [2.05, 4.69) is 4.99 Å². The van der Waals surface area contributed by atoms with Gasteiger partial charge in [-0.25, -0.2) is 0 Å². The topological polar surface area (TPSA) is 25.5 Å². The Labute approximate surface area is 97.1 Å². The molecular weight excluding hydrogens is 233 g/mol. The van der Waals surface area contributed by atoms with Gasteiger partial charge in [0, 0.05) is 0 Å². The number of aliphatic imine (C=N–C) groups is 1. The lowest BCUT2D eigenvalue weighted by atomic mass is 10.3. The largest absolute Gasteiger partial charge is 0.463 e. The van der Waals surface area contributed by atoms with E-state index >= 15 is 0 Å². The summed E-state index contributed by atoms with van der Waals surface area (Å²) < 4.78 is 5.10. The molecule has 4 heteroatoms. The van der Waals surface area contributed by atoms with Gasteiger partial charge in [-0.1, -0.05) is 23.2 Å². The van der Waals surface area contributed by atoms with Gasteiger partial charge in [-0.3, -0.25) is 4.99 Å². The maximum Gasteiger partial charge on any atom is 0.144 e. The van der Waals surface area contributed by atoms with Crippen LogP contribution in [-0.2, 0) is 0 Å². The second kappa shape index (κ2) is 4.51. The van der Waals surface area contributed by atoms with Crippen LogP contribution in [0.4, 0.5) is 5.69 Å². The molecule has 0 N–H and O–H groups in total. The molecule has 2 rings (SSSR count). The molecule has 0 saturated heterocycles. The molecule has 0 aliphatic rings. The minimum atomic E-state index is 0.491. The standard InChI is InChI=1S/C11H7Cl2NO/c12-10-4-3-8(6-11(10)13)14-7-9-2-1-5-15-9/h1-7H. The first kappa shape index (κ1) is 10.3. The van der Waals surface area contributed by atoms with Gasteiger partial charge in [-0.15, -0.1) is 0 Å². The smallest absolute Gasteiger partial charge is 0.144 e. The van der Waals surface area contributed by atoms with E-state index in [1.807, 2.05) is 6.07 Å². The molecule has 1 aromatic heterocycles. The molecule has 0 bridgehead atoms. The summed E-state index contributed by atoms with van der Waals surface area (Å²) in [6, 6.07) is 8.81. The number of rotatable bonds is 2. The molecule has 2 nitrogen and oxygen atoms in total. The van der Waals surface area contributed by atoms with Crippen LogP contribution in [0, 0.1) is 0 Å². The van der Waals surface area contributed by atoms with Crippen LogP contribution >= 0.6 is 23.2 Å². The molecule has 0 unspecified atom stereocenters. The third kappa shape index (κ3) is 2.61. The van der Waals surface area contributed by atoms with Gasteiger partial charge in [0.25, 0.3) is 0 Å². The Morgan fingerprint density at radius 3 is 2.67 bits per heavy atom. The highest BCUT2D eigenvalue weighted by Gasteiger charge is 1.97. The highest BCUT2D eigenvalue weighted by Crippen LogP contribution is 2.26. The molecule has 0 aliphatic heterocycles. The third-order valence-electron chi connectivity index (χ3n) is 1.79. The average molecular weight is 240 g/mol. The van der Waals surface area contributed by atoms with E-state index in [1.165, 1.54) is 0 Å². The molecule has 0 spiro atoms. The fourth-order valence-corrected chi connectivity index (χ4v) is 1.36. The molecule has 0 atom stereocenters. The fraction of sp³-hybridized carbons (Fsp3) is 0. The van der Waals surface area contributed by atoms with E-state index in [1.54, 1.807) is 36.7 Å². The minimum absolute atomic E-state index is 0.491. The Balaban J connectivity index is 2.21. The van der Waals surface area contributed by atoms with Crippen LogP contribution in [0.25, 0.3) is 0 Å². The SMILES string of the molecule is Clc1ccc(N=Cc2ccco2)cc1Cl. The summed E-state index contributed by atoms with van der Waals surface area (Å²) in [4.78, 5) is 4.19. The summed E-state index contributed by atoms with van der Waals surface area (Å²) >= 11 is 11.6. The molecule has 15 heavy (non-hydrogen) atoms. The van der Waals surface area contributed by atoms with Gasteiger partial charge < -0.3 is 4.42 Å². The van der Waals surface area contributed by atoms with Gasteiger partial charge in [-0.05, 0) is 30.3 Å². The van der Waals surface area contributed by atoms with Crippen LogP contribution in [0.15, 0.2) is 46.0 Å². The van der Waals surface area contributed by atoms with E-state index in [4.69, 9.17) is 27.6 Å². The van der Waals surface area contributed by atoms with Crippen molar-refractivity contribution in [2.45, 2.75) is 0 Å². The number of furan rings is 1. The molecular formula is C11H7Cl2NO. The van der Waals surface area contributed by atoms with Crippen molar-refractivity contribution in [3.05, 3.63) is 52.4 Å². The Morgan fingerprint density at radius 1 is 1.13 bits per heavy atom. The maximum atomic E-state index is 5.85. The first-order valence-corrected chi connectivity index (χ1v) is 5.04. The number of halogens is 2. The highest BCUT2D eigenvalue weighted by molar-refractivity contribution is 6.42. The van der Waals surface area contributed by atoms with Gasteiger partial charge >= 0.3 is 0 Å². The van der Waals surface area contributed by atoms with Crippen molar-refractivity contribution in [1.82, 2.24) is 0 Å². The monoisotopic (exact) mass is 239 g/mol. The van der Waals surface area contributed by atoms with Crippen LogP contribution in [-0.4, -0.2) is 6.21 Å². The normalized spacial score (nSPS) is 11.1. The van der Waals surface area contributed by atoms with E-state index in [9.17, 15) is 0 Å². The molecule has 0 amide bonds. The predicted octanol–water partition coefficient (Wildman–Crippen LogP) is 4.34. The summed E-state index contributed by atoms with van der Waals surface area (Å²) in [6.07, 6.45) is 3.22. The lowest BCUT2D eigenvalue weighted by Crippen LogP contribution is -1.74. The fourth-order valence-electron chi connectivity index (χ4n) is 1.07. The van der Waals surface area contributed by atoms with E-state index in [0.29, 0.717) is 15.8 Å². The molecule has 76 valence electrons. The molecule has 1 aromatic carbocycles. The predicted molar refractivity (Wildman–Crippen MR) is 62.4 cm³/mol. The van der Waals surface area contributed by atoms with Gasteiger partial charge in [0.2, 0.25) is 0 Å². The van der Waals surface area contributed by atoms with Crippen molar-refractivity contribution in [3.8, 4) is 0 Å². The quantitative estimate of drug-likeness (QED) is 0.717. The summed E-state index contributed by atoms with van der Waals surface area (Å²) in [5.41, 5.74) is 0.737. The summed E-state index contributed by atoms with van der Waals surface area (Å²) in [7, 11) is 0. The molecule has 2 aromatic rings. The number of nitrogens with zero attached hydrogens (tertiary/aromatic N) is 1. The van der Waals surface area contributed by atoms with Gasteiger partial charge in [0.05, 0.1) is 28.2 Å². The molecule has 0 aliphatic carbocycles. The Hall–Kier alpha value is -1.25. The second-order valence-corrected chi connectivity index (χ2v) is 3.69. The van der Waals surface area contributed by atoms with E-state index in [-0.39, 0.29) is 0 Å².